The van der Waals surface area contributed by atoms with Crippen LogP contribution >= 0.6 is 0 Å². The van der Waals surface area contributed by atoms with Gasteiger partial charge in [0.15, 0.2) is 0 Å². The van der Waals surface area contributed by atoms with Crippen LogP contribution in [-0.4, -0.2) is 4.98 Å². The zero-order valence-corrected chi connectivity index (χ0v) is 8.51. The van der Waals surface area contributed by atoms with Crippen molar-refractivity contribution in [1.82, 2.24) is 4.98 Å². The second-order valence-corrected chi connectivity index (χ2v) is 3.54. The molecule has 2 aromatic rings. The fourth-order valence-electron chi connectivity index (χ4n) is 1.56. The van der Waals surface area contributed by atoms with E-state index in [9.17, 15) is 0 Å². The molecule has 76 valence electrons. The van der Waals surface area contributed by atoms with Gasteiger partial charge in [-0.25, -0.2) is 0 Å². The van der Waals surface area contributed by atoms with E-state index >= 15 is 0 Å². The van der Waals surface area contributed by atoms with Gasteiger partial charge < -0.3 is 5.73 Å². The van der Waals surface area contributed by atoms with E-state index in [2.05, 4.69) is 4.98 Å². The lowest BCUT2D eigenvalue weighted by molar-refractivity contribution is 0.707. The molecule has 0 amide bonds. The first-order valence-corrected chi connectivity index (χ1v) is 5.06. The molecule has 0 saturated heterocycles. The highest BCUT2D eigenvalue weighted by Crippen LogP contribution is 2.13. The standard InChI is InChI=1S/C13H14N2/c14-13(11-6-2-1-3-7-11)10-12-8-4-5-9-15-12/h1-9,13H,10,14H2/t13-/m1/s1. The number of aromatic nitrogens is 1. The van der Waals surface area contributed by atoms with Crippen molar-refractivity contribution in [1.29, 1.82) is 0 Å². The van der Waals surface area contributed by atoms with E-state index in [1.54, 1.807) is 6.20 Å². The third-order valence-corrected chi connectivity index (χ3v) is 2.38. The van der Waals surface area contributed by atoms with Crippen molar-refractivity contribution < 1.29 is 0 Å². The van der Waals surface area contributed by atoms with Gasteiger partial charge in [0, 0.05) is 24.4 Å². The van der Waals surface area contributed by atoms with Crippen LogP contribution in [0.25, 0.3) is 0 Å². The molecule has 0 spiro atoms. The van der Waals surface area contributed by atoms with Crippen LogP contribution in [0.3, 0.4) is 0 Å². The van der Waals surface area contributed by atoms with Crippen LogP contribution in [0.15, 0.2) is 54.7 Å². The molecule has 1 aromatic carbocycles. The number of benzene rings is 1. The molecule has 0 aliphatic carbocycles. The minimum absolute atomic E-state index is 0.0288. The Morgan fingerprint density at radius 3 is 2.40 bits per heavy atom. The summed E-state index contributed by atoms with van der Waals surface area (Å²) < 4.78 is 0. The highest BCUT2D eigenvalue weighted by molar-refractivity contribution is 5.20. The van der Waals surface area contributed by atoms with Gasteiger partial charge in [0.25, 0.3) is 0 Å². The van der Waals surface area contributed by atoms with Crippen LogP contribution < -0.4 is 5.73 Å². The molecule has 1 aromatic heterocycles. The zero-order valence-electron chi connectivity index (χ0n) is 8.51. The molecule has 2 heteroatoms. The first-order valence-electron chi connectivity index (χ1n) is 5.06. The fraction of sp³-hybridized carbons (Fsp3) is 0.154. The van der Waals surface area contributed by atoms with E-state index in [-0.39, 0.29) is 6.04 Å². The summed E-state index contributed by atoms with van der Waals surface area (Å²) in [5, 5.41) is 0. The van der Waals surface area contributed by atoms with Crippen molar-refractivity contribution in [2.24, 2.45) is 5.73 Å². The Morgan fingerprint density at radius 2 is 1.73 bits per heavy atom. The summed E-state index contributed by atoms with van der Waals surface area (Å²) in [6.07, 6.45) is 2.58. The summed E-state index contributed by atoms with van der Waals surface area (Å²) in [6, 6.07) is 16.0. The maximum atomic E-state index is 6.09. The van der Waals surface area contributed by atoms with E-state index < -0.39 is 0 Å². The van der Waals surface area contributed by atoms with Crippen LogP contribution in [0.4, 0.5) is 0 Å². The summed E-state index contributed by atoms with van der Waals surface area (Å²) in [6.45, 7) is 0. The summed E-state index contributed by atoms with van der Waals surface area (Å²) in [4.78, 5) is 4.26. The number of rotatable bonds is 3. The van der Waals surface area contributed by atoms with E-state index in [0.29, 0.717) is 0 Å². The summed E-state index contributed by atoms with van der Waals surface area (Å²) in [7, 11) is 0. The van der Waals surface area contributed by atoms with Crippen LogP contribution in [0.5, 0.6) is 0 Å². The van der Waals surface area contributed by atoms with Gasteiger partial charge in [-0.1, -0.05) is 36.4 Å². The van der Waals surface area contributed by atoms with Gasteiger partial charge in [0.05, 0.1) is 0 Å². The predicted octanol–water partition coefficient (Wildman–Crippen LogP) is 2.32. The van der Waals surface area contributed by atoms with Crippen LogP contribution in [0, 0.1) is 0 Å². The Bertz CT molecular complexity index is 397. The smallest absolute Gasteiger partial charge is 0.0422 e. The number of hydrogen-bond donors (Lipinski definition) is 1. The Morgan fingerprint density at radius 1 is 1.00 bits per heavy atom. The van der Waals surface area contributed by atoms with Crippen molar-refractivity contribution in [2.45, 2.75) is 12.5 Å². The molecule has 2 nitrogen and oxygen atoms in total. The Labute approximate surface area is 89.8 Å². The Balaban J connectivity index is 2.08. The first kappa shape index (κ1) is 9.87. The van der Waals surface area contributed by atoms with Gasteiger partial charge >= 0.3 is 0 Å². The number of pyridine rings is 1. The third-order valence-electron chi connectivity index (χ3n) is 2.38. The summed E-state index contributed by atoms with van der Waals surface area (Å²) in [5.74, 6) is 0. The molecular weight excluding hydrogens is 184 g/mol. The molecule has 0 radical (unpaired) electrons. The molecular formula is C13H14N2. The highest BCUT2D eigenvalue weighted by atomic mass is 14.7. The zero-order chi connectivity index (χ0) is 10.5. The topological polar surface area (TPSA) is 38.9 Å². The average molecular weight is 198 g/mol. The maximum Gasteiger partial charge on any atom is 0.0422 e. The monoisotopic (exact) mass is 198 g/mol. The largest absolute Gasteiger partial charge is 0.324 e. The normalized spacial score (nSPS) is 12.3. The number of nitrogens with two attached hydrogens (primary N) is 1. The highest BCUT2D eigenvalue weighted by Gasteiger charge is 2.06. The van der Waals surface area contributed by atoms with E-state index in [1.165, 1.54) is 0 Å². The van der Waals surface area contributed by atoms with Gasteiger partial charge in [0.2, 0.25) is 0 Å². The van der Waals surface area contributed by atoms with Crippen molar-refractivity contribution in [3.05, 3.63) is 66.0 Å². The quantitative estimate of drug-likeness (QED) is 0.822. The van der Waals surface area contributed by atoms with Crippen LogP contribution in [-0.2, 0) is 6.42 Å². The van der Waals surface area contributed by atoms with Crippen molar-refractivity contribution >= 4 is 0 Å². The van der Waals surface area contributed by atoms with Gasteiger partial charge in [-0.2, -0.15) is 0 Å². The van der Waals surface area contributed by atoms with Gasteiger partial charge in [-0.3, -0.25) is 4.98 Å². The molecule has 2 N–H and O–H groups in total. The second kappa shape index (κ2) is 4.71. The van der Waals surface area contributed by atoms with Crippen molar-refractivity contribution in [3.8, 4) is 0 Å². The van der Waals surface area contributed by atoms with Crippen LogP contribution in [0.1, 0.15) is 17.3 Å². The number of nitrogens with zero attached hydrogens (tertiary/aromatic N) is 1. The fourth-order valence-corrected chi connectivity index (χ4v) is 1.56. The lowest BCUT2D eigenvalue weighted by atomic mass is 10.0. The maximum absolute atomic E-state index is 6.09. The Hall–Kier alpha value is -1.67. The predicted molar refractivity (Wildman–Crippen MR) is 61.3 cm³/mol. The lowest BCUT2D eigenvalue weighted by Crippen LogP contribution is -2.13. The van der Waals surface area contributed by atoms with Gasteiger partial charge in [-0.05, 0) is 17.7 Å². The van der Waals surface area contributed by atoms with Crippen LogP contribution in [0.2, 0.25) is 0 Å². The van der Waals surface area contributed by atoms with E-state index in [1.807, 2.05) is 48.5 Å². The lowest BCUT2D eigenvalue weighted by Gasteiger charge is -2.10. The van der Waals surface area contributed by atoms with Crippen molar-refractivity contribution in [2.75, 3.05) is 0 Å². The second-order valence-electron chi connectivity index (χ2n) is 3.54. The summed E-state index contributed by atoms with van der Waals surface area (Å²) in [5.41, 5.74) is 8.28. The summed E-state index contributed by atoms with van der Waals surface area (Å²) >= 11 is 0. The minimum Gasteiger partial charge on any atom is -0.324 e. The molecule has 1 atom stereocenters. The van der Waals surface area contributed by atoms with Crippen molar-refractivity contribution in [3.63, 3.8) is 0 Å². The molecule has 0 aliphatic rings. The SMILES string of the molecule is N[C@H](Cc1ccccn1)c1ccccc1. The molecule has 15 heavy (non-hydrogen) atoms. The molecule has 0 unspecified atom stereocenters. The van der Waals surface area contributed by atoms with E-state index in [0.717, 1.165) is 17.7 Å². The van der Waals surface area contributed by atoms with E-state index in [4.69, 9.17) is 5.73 Å². The molecule has 1 heterocycles. The molecule has 0 saturated carbocycles. The molecule has 0 fully saturated rings. The molecule has 2 rings (SSSR count). The third kappa shape index (κ3) is 2.64. The molecule has 0 aliphatic heterocycles. The first-order chi connectivity index (χ1) is 7.36. The average Bonchev–Trinajstić information content (AvgIpc) is 2.31. The molecule has 0 bridgehead atoms. The Kier molecular flexibility index (Phi) is 3.10. The van der Waals surface area contributed by atoms with Gasteiger partial charge in [-0.15, -0.1) is 0 Å². The number of hydrogen-bond acceptors (Lipinski definition) is 2. The minimum atomic E-state index is 0.0288. The van der Waals surface area contributed by atoms with Gasteiger partial charge in [0.1, 0.15) is 0 Å².